The van der Waals surface area contributed by atoms with Gasteiger partial charge in [0, 0.05) is 12.0 Å². The lowest BCUT2D eigenvalue weighted by Crippen LogP contribution is -2.10. The Morgan fingerprint density at radius 1 is 1.19 bits per heavy atom. The van der Waals surface area contributed by atoms with Crippen molar-refractivity contribution in [1.29, 1.82) is 5.26 Å². The second-order valence-electron chi connectivity index (χ2n) is 5.83. The smallest absolute Gasteiger partial charge is 0.231 e. The minimum Gasteiger partial charge on any atom is -0.231 e. The molecule has 27 heavy (non-hydrogen) atoms. The largest absolute Gasteiger partial charge is 0.436 e. The summed E-state index contributed by atoms with van der Waals surface area (Å²) in [5.41, 5.74) is -0.288. The number of benzene rings is 1. The summed E-state index contributed by atoms with van der Waals surface area (Å²) in [7, 11) is -2.41. The lowest BCUT2D eigenvalue weighted by molar-refractivity contribution is -0.141. The molecule has 0 saturated carbocycles. The molecule has 1 aliphatic rings. The molecule has 0 spiro atoms. The Bertz CT molecular complexity index is 1140. The van der Waals surface area contributed by atoms with Crippen LogP contribution in [0.5, 0.6) is 0 Å². The van der Waals surface area contributed by atoms with E-state index in [-0.39, 0.29) is 22.7 Å². The summed E-state index contributed by atoms with van der Waals surface area (Å²) < 4.78 is 63.3. The number of halogens is 3. The highest BCUT2D eigenvalue weighted by Gasteiger charge is 2.40. The van der Waals surface area contributed by atoms with Crippen molar-refractivity contribution in [1.82, 2.24) is 9.78 Å². The van der Waals surface area contributed by atoms with E-state index in [2.05, 4.69) is 5.10 Å². The number of hydrogen-bond donors (Lipinski definition) is 0. The highest BCUT2D eigenvalue weighted by Crippen LogP contribution is 2.37. The van der Waals surface area contributed by atoms with Gasteiger partial charge in [-0.05, 0) is 19.1 Å². The van der Waals surface area contributed by atoms with Gasteiger partial charge in [-0.25, -0.2) is 4.68 Å². The molecular weight excluding hydrogens is 379 g/mol. The molecule has 0 N–H and O–H groups in total. The maximum atomic E-state index is 13.4. The monoisotopic (exact) mass is 391 g/mol. The van der Waals surface area contributed by atoms with Gasteiger partial charge in [0.05, 0.1) is 16.3 Å². The number of nitrogens with zero attached hydrogens (tertiary/aromatic N) is 3. The molecule has 0 radical (unpaired) electrons. The minimum absolute atomic E-state index is 0.00687. The van der Waals surface area contributed by atoms with Gasteiger partial charge in [0.2, 0.25) is 10.3 Å². The molecule has 0 aliphatic heterocycles. The van der Waals surface area contributed by atoms with Crippen molar-refractivity contribution in [3.05, 3.63) is 59.3 Å². The number of aryl methyl sites for hydroxylation is 1. The van der Waals surface area contributed by atoms with Gasteiger partial charge in [-0.2, -0.15) is 31.9 Å². The SMILES string of the molecule is Cc1ccc(-c2c(C#N)c(C(F)(F)F)nn2C2=CCC(=S(=O)=O)C=C2)cc1. The fourth-order valence-electron chi connectivity index (χ4n) is 2.69. The first kappa shape index (κ1) is 18.7. The van der Waals surface area contributed by atoms with Crippen molar-refractivity contribution < 1.29 is 21.6 Å². The molecule has 0 amide bonds. The summed E-state index contributed by atoms with van der Waals surface area (Å²) >= 11 is 0. The van der Waals surface area contributed by atoms with Crippen LogP contribution < -0.4 is 0 Å². The zero-order valence-electron chi connectivity index (χ0n) is 13.9. The van der Waals surface area contributed by atoms with Crippen molar-refractivity contribution in [3.63, 3.8) is 0 Å². The van der Waals surface area contributed by atoms with E-state index in [4.69, 9.17) is 0 Å². The molecule has 0 fully saturated rings. The molecule has 0 saturated heterocycles. The lowest BCUT2D eigenvalue weighted by Gasteiger charge is -2.12. The normalized spacial score (nSPS) is 14.0. The highest BCUT2D eigenvalue weighted by molar-refractivity contribution is 7.73. The Morgan fingerprint density at radius 2 is 1.85 bits per heavy atom. The molecule has 2 aromatic rings. The van der Waals surface area contributed by atoms with Crippen LogP contribution >= 0.6 is 0 Å². The van der Waals surface area contributed by atoms with E-state index in [1.807, 2.05) is 6.92 Å². The van der Waals surface area contributed by atoms with Crippen LogP contribution in [0.3, 0.4) is 0 Å². The van der Waals surface area contributed by atoms with Gasteiger partial charge >= 0.3 is 6.18 Å². The number of nitriles is 1. The Hall–Kier alpha value is -3.12. The highest BCUT2D eigenvalue weighted by atomic mass is 32.2. The van der Waals surface area contributed by atoms with E-state index >= 15 is 0 Å². The van der Waals surface area contributed by atoms with Crippen molar-refractivity contribution in [2.45, 2.75) is 19.5 Å². The standard InChI is InChI=1S/C18H12F3N3O2S/c1-11-2-4-12(5-3-11)16-15(10-22)17(18(19,20)21)23-24(16)13-6-8-14(9-7-13)27(25)26/h2-8H,9H2,1H3. The zero-order valence-corrected chi connectivity index (χ0v) is 14.8. The summed E-state index contributed by atoms with van der Waals surface area (Å²) in [5, 5.41) is 13.0. The Balaban J connectivity index is 2.27. The molecule has 1 aliphatic carbocycles. The van der Waals surface area contributed by atoms with Crippen LogP contribution in [0.4, 0.5) is 13.2 Å². The molecule has 1 heterocycles. The average molecular weight is 391 g/mol. The summed E-state index contributed by atoms with van der Waals surface area (Å²) in [6.45, 7) is 1.83. The second kappa shape index (κ2) is 6.89. The van der Waals surface area contributed by atoms with Gasteiger partial charge in [0.25, 0.3) is 0 Å². The van der Waals surface area contributed by atoms with Crippen LogP contribution in [0.2, 0.25) is 0 Å². The van der Waals surface area contributed by atoms with E-state index in [0.717, 1.165) is 10.2 Å². The molecule has 0 unspecified atom stereocenters. The number of alkyl halides is 3. The maximum Gasteiger partial charge on any atom is 0.436 e. The molecule has 3 rings (SSSR count). The predicted molar refractivity (Wildman–Crippen MR) is 94.1 cm³/mol. The van der Waals surface area contributed by atoms with E-state index < -0.39 is 27.7 Å². The fourth-order valence-corrected chi connectivity index (χ4v) is 3.09. The number of rotatable bonds is 2. The molecule has 1 aromatic heterocycles. The maximum absolute atomic E-state index is 13.4. The first-order chi connectivity index (χ1) is 12.7. The van der Waals surface area contributed by atoms with Crippen LogP contribution in [0.1, 0.15) is 23.2 Å². The molecule has 138 valence electrons. The summed E-state index contributed by atoms with van der Waals surface area (Å²) in [4.78, 5) is 0.111. The van der Waals surface area contributed by atoms with Gasteiger partial charge in [-0.1, -0.05) is 35.9 Å². The molecular formula is C18H12F3N3O2S. The molecule has 9 heteroatoms. The molecule has 0 bridgehead atoms. The van der Waals surface area contributed by atoms with E-state index in [1.54, 1.807) is 30.3 Å². The van der Waals surface area contributed by atoms with Crippen molar-refractivity contribution in [2.75, 3.05) is 0 Å². The summed E-state index contributed by atoms with van der Waals surface area (Å²) in [5.74, 6) is 0. The Labute approximate surface area is 154 Å². The number of hydrogen-bond acceptors (Lipinski definition) is 4. The van der Waals surface area contributed by atoms with E-state index in [0.29, 0.717) is 5.56 Å². The van der Waals surface area contributed by atoms with Crippen LogP contribution in [0, 0.1) is 18.3 Å². The van der Waals surface area contributed by atoms with Gasteiger partial charge < -0.3 is 0 Å². The average Bonchev–Trinajstić information content (AvgIpc) is 3.02. The van der Waals surface area contributed by atoms with E-state index in [9.17, 15) is 26.9 Å². The first-order valence-corrected chi connectivity index (χ1v) is 8.81. The lowest BCUT2D eigenvalue weighted by atomic mass is 10.0. The minimum atomic E-state index is -4.80. The summed E-state index contributed by atoms with van der Waals surface area (Å²) in [6.07, 6.45) is -0.656. The quantitative estimate of drug-likeness (QED) is 0.733. The van der Waals surface area contributed by atoms with Crippen molar-refractivity contribution in [2.24, 2.45) is 0 Å². The topological polar surface area (TPSA) is 75.8 Å². The van der Waals surface area contributed by atoms with Crippen LogP contribution in [0.15, 0.2) is 42.5 Å². The molecule has 1 aromatic carbocycles. The van der Waals surface area contributed by atoms with Gasteiger partial charge in [0.1, 0.15) is 11.6 Å². The second-order valence-corrected chi connectivity index (χ2v) is 6.82. The van der Waals surface area contributed by atoms with Crippen LogP contribution in [-0.4, -0.2) is 23.1 Å². The Kier molecular flexibility index (Phi) is 4.76. The first-order valence-electron chi connectivity index (χ1n) is 7.73. The van der Waals surface area contributed by atoms with Crippen LogP contribution in [-0.2, 0) is 16.5 Å². The Morgan fingerprint density at radius 3 is 2.33 bits per heavy atom. The third kappa shape index (κ3) is 3.57. The zero-order chi connectivity index (χ0) is 19.8. The van der Waals surface area contributed by atoms with Crippen molar-refractivity contribution in [3.8, 4) is 17.3 Å². The van der Waals surface area contributed by atoms with E-state index in [1.165, 1.54) is 18.2 Å². The van der Waals surface area contributed by atoms with Gasteiger partial charge in [-0.15, -0.1) is 0 Å². The van der Waals surface area contributed by atoms with Gasteiger partial charge in [0.15, 0.2) is 5.69 Å². The van der Waals surface area contributed by atoms with Gasteiger partial charge in [-0.3, -0.25) is 0 Å². The third-order valence-corrected chi connectivity index (χ3v) is 4.73. The third-order valence-electron chi connectivity index (χ3n) is 4.00. The number of allylic oxidation sites excluding steroid dienone is 4. The number of aromatic nitrogens is 2. The summed E-state index contributed by atoms with van der Waals surface area (Å²) in [6, 6.07) is 8.28. The van der Waals surface area contributed by atoms with Crippen molar-refractivity contribution >= 4 is 20.9 Å². The predicted octanol–water partition coefficient (Wildman–Crippen LogP) is 3.60. The van der Waals surface area contributed by atoms with Crippen LogP contribution in [0.25, 0.3) is 17.0 Å². The molecule has 0 atom stereocenters. The fraction of sp³-hybridized carbons (Fsp3) is 0.167. The molecule has 5 nitrogen and oxygen atoms in total.